The average molecular weight is 311 g/mol. The first-order chi connectivity index (χ1) is 11.1. The van der Waals surface area contributed by atoms with Crippen molar-refractivity contribution in [3.8, 4) is 0 Å². The number of hydrogen-bond acceptors (Lipinski definition) is 3. The molecule has 3 heteroatoms. The van der Waals surface area contributed by atoms with Gasteiger partial charge >= 0.3 is 0 Å². The highest BCUT2D eigenvalue weighted by atomic mass is 16.3. The maximum absolute atomic E-state index is 9.51. The second-order valence-corrected chi connectivity index (χ2v) is 5.57. The van der Waals surface area contributed by atoms with E-state index >= 15 is 0 Å². The SMILES string of the molecule is CCN(CCO)c1ccc(C=Cc2ccc(C(C)O)cc2)cc1. The van der Waals surface area contributed by atoms with Gasteiger partial charge in [-0.05, 0) is 42.7 Å². The zero-order valence-corrected chi connectivity index (χ0v) is 13.8. The lowest BCUT2D eigenvalue weighted by Gasteiger charge is -2.21. The van der Waals surface area contributed by atoms with Crippen LogP contribution in [0.2, 0.25) is 0 Å². The predicted octanol–water partition coefficient (Wildman–Crippen LogP) is 3.73. The summed E-state index contributed by atoms with van der Waals surface area (Å²) in [6.07, 6.45) is 3.70. The second kappa shape index (κ2) is 8.51. The zero-order valence-electron chi connectivity index (χ0n) is 13.8. The number of hydrogen-bond donors (Lipinski definition) is 2. The lowest BCUT2D eigenvalue weighted by atomic mass is 10.1. The number of rotatable bonds is 7. The van der Waals surface area contributed by atoms with Gasteiger partial charge in [0.1, 0.15) is 0 Å². The molecule has 2 rings (SSSR count). The summed E-state index contributed by atoms with van der Waals surface area (Å²) < 4.78 is 0. The lowest BCUT2D eigenvalue weighted by Crippen LogP contribution is -2.25. The van der Waals surface area contributed by atoms with Crippen molar-refractivity contribution in [3.63, 3.8) is 0 Å². The summed E-state index contributed by atoms with van der Waals surface area (Å²) in [4.78, 5) is 2.14. The summed E-state index contributed by atoms with van der Waals surface area (Å²) in [6, 6.07) is 16.2. The smallest absolute Gasteiger partial charge is 0.0761 e. The summed E-state index contributed by atoms with van der Waals surface area (Å²) in [6.45, 7) is 5.55. The van der Waals surface area contributed by atoms with Crippen molar-refractivity contribution < 1.29 is 10.2 Å². The maximum atomic E-state index is 9.51. The van der Waals surface area contributed by atoms with E-state index in [1.54, 1.807) is 6.92 Å². The highest BCUT2D eigenvalue weighted by Crippen LogP contribution is 2.18. The number of benzene rings is 2. The van der Waals surface area contributed by atoms with E-state index in [0.717, 1.165) is 28.9 Å². The Morgan fingerprint density at radius 2 is 1.48 bits per heavy atom. The molecule has 1 atom stereocenters. The Bertz CT molecular complexity index is 615. The Hall–Kier alpha value is -2.10. The second-order valence-electron chi connectivity index (χ2n) is 5.57. The van der Waals surface area contributed by atoms with E-state index in [-0.39, 0.29) is 6.61 Å². The summed E-state index contributed by atoms with van der Waals surface area (Å²) in [5.41, 5.74) is 4.29. The molecule has 2 aromatic carbocycles. The fraction of sp³-hybridized carbons (Fsp3) is 0.300. The Labute approximate surface area is 138 Å². The molecule has 0 aliphatic heterocycles. The van der Waals surface area contributed by atoms with Gasteiger partial charge in [-0.2, -0.15) is 0 Å². The molecule has 2 aromatic rings. The molecule has 2 N–H and O–H groups in total. The van der Waals surface area contributed by atoms with Gasteiger partial charge in [0.2, 0.25) is 0 Å². The number of likely N-dealkylation sites (N-methyl/N-ethyl adjacent to an activating group) is 1. The maximum Gasteiger partial charge on any atom is 0.0761 e. The van der Waals surface area contributed by atoms with Crippen molar-refractivity contribution in [1.29, 1.82) is 0 Å². The molecule has 3 nitrogen and oxygen atoms in total. The zero-order chi connectivity index (χ0) is 16.7. The first-order valence-corrected chi connectivity index (χ1v) is 8.06. The molecule has 0 saturated heterocycles. The molecule has 0 spiro atoms. The molecule has 0 aliphatic rings. The molecule has 23 heavy (non-hydrogen) atoms. The molecule has 0 aromatic heterocycles. The minimum Gasteiger partial charge on any atom is -0.395 e. The average Bonchev–Trinajstić information content (AvgIpc) is 2.59. The summed E-state index contributed by atoms with van der Waals surface area (Å²) in [5, 5.41) is 18.6. The molecule has 0 heterocycles. The third kappa shape index (κ3) is 4.95. The quantitative estimate of drug-likeness (QED) is 0.766. The van der Waals surface area contributed by atoms with Crippen molar-refractivity contribution in [2.75, 3.05) is 24.6 Å². The van der Waals surface area contributed by atoms with E-state index in [0.29, 0.717) is 6.54 Å². The first-order valence-electron chi connectivity index (χ1n) is 8.06. The van der Waals surface area contributed by atoms with Crippen LogP contribution < -0.4 is 4.90 Å². The fourth-order valence-electron chi connectivity index (χ4n) is 2.46. The van der Waals surface area contributed by atoms with E-state index in [4.69, 9.17) is 5.11 Å². The third-order valence-corrected chi connectivity index (χ3v) is 3.90. The summed E-state index contributed by atoms with van der Waals surface area (Å²) in [7, 11) is 0. The van der Waals surface area contributed by atoms with Crippen LogP contribution in [0.1, 0.15) is 36.6 Å². The van der Waals surface area contributed by atoms with Crippen molar-refractivity contribution >= 4 is 17.8 Å². The topological polar surface area (TPSA) is 43.7 Å². The number of nitrogens with zero attached hydrogens (tertiary/aromatic N) is 1. The standard InChI is InChI=1S/C20H25NO2/c1-3-21(14-15-22)20-12-8-18(9-13-20)5-4-17-6-10-19(11-7-17)16(2)23/h4-13,16,22-23H,3,14-15H2,1-2H3. The van der Waals surface area contributed by atoms with Crippen molar-refractivity contribution in [3.05, 3.63) is 65.2 Å². The van der Waals surface area contributed by atoms with Gasteiger partial charge in [-0.3, -0.25) is 0 Å². The lowest BCUT2D eigenvalue weighted by molar-refractivity contribution is 0.199. The van der Waals surface area contributed by atoms with Crippen molar-refractivity contribution in [2.45, 2.75) is 20.0 Å². The Morgan fingerprint density at radius 3 is 1.91 bits per heavy atom. The van der Waals surface area contributed by atoms with Gasteiger partial charge in [0.15, 0.2) is 0 Å². The van der Waals surface area contributed by atoms with Crippen molar-refractivity contribution in [1.82, 2.24) is 0 Å². The molecule has 122 valence electrons. The van der Waals surface area contributed by atoms with Crippen LogP contribution in [0.25, 0.3) is 12.2 Å². The Morgan fingerprint density at radius 1 is 0.957 bits per heavy atom. The van der Waals surface area contributed by atoms with E-state index in [9.17, 15) is 5.11 Å². The van der Waals surface area contributed by atoms with Crippen LogP contribution in [0, 0.1) is 0 Å². The molecule has 0 saturated carbocycles. The largest absolute Gasteiger partial charge is 0.395 e. The summed E-state index contributed by atoms with van der Waals surface area (Å²) in [5.74, 6) is 0. The van der Waals surface area contributed by atoms with Crippen molar-refractivity contribution in [2.24, 2.45) is 0 Å². The van der Waals surface area contributed by atoms with E-state index in [1.165, 1.54) is 0 Å². The van der Waals surface area contributed by atoms with Crippen LogP contribution in [0.3, 0.4) is 0 Å². The molecule has 0 fully saturated rings. The third-order valence-electron chi connectivity index (χ3n) is 3.90. The van der Waals surface area contributed by atoms with Crippen LogP contribution in [0.5, 0.6) is 0 Å². The van der Waals surface area contributed by atoms with E-state index in [2.05, 4.69) is 48.2 Å². The van der Waals surface area contributed by atoms with Crippen LogP contribution in [-0.2, 0) is 0 Å². The van der Waals surface area contributed by atoms with Gasteiger partial charge in [-0.15, -0.1) is 0 Å². The molecule has 1 unspecified atom stereocenters. The molecule has 0 amide bonds. The number of aliphatic hydroxyl groups excluding tert-OH is 2. The Kier molecular flexibility index (Phi) is 6.39. The predicted molar refractivity (Wildman–Crippen MR) is 97.4 cm³/mol. The minimum atomic E-state index is -0.430. The highest BCUT2D eigenvalue weighted by molar-refractivity contribution is 5.70. The van der Waals surface area contributed by atoms with Gasteiger partial charge in [-0.1, -0.05) is 48.6 Å². The number of aliphatic hydroxyl groups is 2. The highest BCUT2D eigenvalue weighted by Gasteiger charge is 2.02. The van der Waals surface area contributed by atoms with Gasteiger partial charge in [0, 0.05) is 18.8 Å². The van der Waals surface area contributed by atoms with Crippen LogP contribution >= 0.6 is 0 Å². The van der Waals surface area contributed by atoms with Gasteiger partial charge in [-0.25, -0.2) is 0 Å². The van der Waals surface area contributed by atoms with Gasteiger partial charge in [0.05, 0.1) is 12.7 Å². The molecular weight excluding hydrogens is 286 g/mol. The first kappa shape index (κ1) is 17.3. The van der Waals surface area contributed by atoms with Crippen LogP contribution in [0.4, 0.5) is 5.69 Å². The van der Waals surface area contributed by atoms with E-state index < -0.39 is 6.10 Å². The minimum absolute atomic E-state index is 0.165. The van der Waals surface area contributed by atoms with E-state index in [1.807, 2.05) is 24.3 Å². The Balaban J connectivity index is 2.05. The van der Waals surface area contributed by atoms with Crippen LogP contribution in [-0.4, -0.2) is 29.9 Å². The monoisotopic (exact) mass is 311 g/mol. The fourth-order valence-corrected chi connectivity index (χ4v) is 2.46. The van der Waals surface area contributed by atoms with Crippen LogP contribution in [0.15, 0.2) is 48.5 Å². The summed E-state index contributed by atoms with van der Waals surface area (Å²) >= 11 is 0. The van der Waals surface area contributed by atoms with Gasteiger partial charge in [0.25, 0.3) is 0 Å². The molecule has 0 radical (unpaired) electrons. The molecule has 0 bridgehead atoms. The number of anilines is 1. The molecule has 0 aliphatic carbocycles. The normalized spacial score (nSPS) is 12.5. The van der Waals surface area contributed by atoms with Gasteiger partial charge < -0.3 is 15.1 Å². The molecular formula is C20H25NO2.